The summed E-state index contributed by atoms with van der Waals surface area (Å²) >= 11 is 1.42. The topological polar surface area (TPSA) is 72.9 Å². The van der Waals surface area contributed by atoms with Crippen molar-refractivity contribution >= 4 is 43.0 Å². The molecule has 0 atom stereocenters. The van der Waals surface area contributed by atoms with Crippen molar-refractivity contribution in [3.8, 4) is 5.69 Å². The molecule has 23 heavy (non-hydrogen) atoms. The maximum atomic E-state index is 12.9. The highest BCUT2D eigenvalue weighted by atomic mass is 32.1. The smallest absolute Gasteiger partial charge is 0.273 e. The monoisotopic (exact) mass is 322 g/mol. The summed E-state index contributed by atoms with van der Waals surface area (Å²) in [7, 11) is 1.87. The summed E-state index contributed by atoms with van der Waals surface area (Å²) in [5, 5.41) is 5.09. The van der Waals surface area contributed by atoms with Crippen LogP contribution in [0, 0.1) is 0 Å². The second kappa shape index (κ2) is 5.10. The van der Waals surface area contributed by atoms with Gasteiger partial charge in [0.2, 0.25) is 0 Å². The summed E-state index contributed by atoms with van der Waals surface area (Å²) in [4.78, 5) is 18.1. The Kier molecular flexibility index (Phi) is 3.06. The Morgan fingerprint density at radius 3 is 2.70 bits per heavy atom. The third-order valence-electron chi connectivity index (χ3n) is 3.87. The minimum atomic E-state index is -0.0441. The zero-order chi connectivity index (χ0) is 16.0. The van der Waals surface area contributed by atoms with Gasteiger partial charge in [0.25, 0.3) is 5.56 Å². The molecular formula is C17H14N4OS. The number of nitrogens with zero attached hydrogens (tertiary/aromatic N) is 2. The highest BCUT2D eigenvalue weighted by Gasteiger charge is 2.14. The van der Waals surface area contributed by atoms with Gasteiger partial charge in [-0.2, -0.15) is 0 Å². The summed E-state index contributed by atoms with van der Waals surface area (Å²) in [6.45, 7) is 0. The number of hydrogen-bond acceptors (Lipinski definition) is 5. The van der Waals surface area contributed by atoms with E-state index in [2.05, 4.69) is 10.3 Å². The second-order valence-corrected chi connectivity index (χ2v) is 6.22. The van der Waals surface area contributed by atoms with Crippen molar-refractivity contribution < 1.29 is 0 Å². The van der Waals surface area contributed by atoms with Crippen LogP contribution in [-0.2, 0) is 0 Å². The Morgan fingerprint density at radius 2 is 1.96 bits per heavy atom. The van der Waals surface area contributed by atoms with Gasteiger partial charge in [-0.05, 0) is 36.4 Å². The van der Waals surface area contributed by atoms with Crippen molar-refractivity contribution in [3.05, 3.63) is 59.1 Å². The van der Waals surface area contributed by atoms with Gasteiger partial charge in [-0.25, -0.2) is 4.98 Å². The number of thiophene rings is 1. The van der Waals surface area contributed by atoms with E-state index < -0.39 is 0 Å². The lowest BCUT2D eigenvalue weighted by atomic mass is 10.2. The standard InChI is InChI=1S/C17H14N4OS/c1-19-13-6-8-20-16-14(13)12-7-9-21(17(22)15(12)23-16)11-4-2-10(18)3-5-11/h2-9H,18H2,1H3,(H,19,20). The molecule has 0 unspecified atom stereocenters. The molecule has 6 heteroatoms. The van der Waals surface area contributed by atoms with E-state index in [-0.39, 0.29) is 5.56 Å². The van der Waals surface area contributed by atoms with E-state index in [1.807, 2.05) is 31.3 Å². The lowest BCUT2D eigenvalue weighted by Crippen LogP contribution is -2.16. The molecule has 0 bridgehead atoms. The molecule has 0 aliphatic rings. The van der Waals surface area contributed by atoms with Gasteiger partial charge in [0.1, 0.15) is 9.53 Å². The van der Waals surface area contributed by atoms with E-state index in [1.165, 1.54) is 11.3 Å². The van der Waals surface area contributed by atoms with Crippen LogP contribution >= 0.6 is 11.3 Å². The molecule has 1 aromatic carbocycles. The molecular weight excluding hydrogens is 308 g/mol. The first-order chi connectivity index (χ1) is 11.2. The molecule has 4 aromatic rings. The SMILES string of the molecule is CNc1ccnc2sc3c(=O)n(-c4ccc(N)cc4)ccc3c12. The lowest BCUT2D eigenvalue weighted by Gasteiger charge is -2.06. The van der Waals surface area contributed by atoms with Gasteiger partial charge in [-0.3, -0.25) is 9.36 Å². The van der Waals surface area contributed by atoms with Crippen LogP contribution in [0.15, 0.2) is 53.6 Å². The van der Waals surface area contributed by atoms with Crippen molar-refractivity contribution in [3.63, 3.8) is 0 Å². The minimum absolute atomic E-state index is 0.0441. The molecule has 0 amide bonds. The molecule has 3 N–H and O–H groups in total. The number of anilines is 2. The van der Waals surface area contributed by atoms with Crippen molar-refractivity contribution in [2.75, 3.05) is 18.1 Å². The highest BCUT2D eigenvalue weighted by Crippen LogP contribution is 2.35. The van der Waals surface area contributed by atoms with Crippen LogP contribution in [0.2, 0.25) is 0 Å². The van der Waals surface area contributed by atoms with Crippen LogP contribution < -0.4 is 16.6 Å². The molecule has 4 rings (SSSR count). The molecule has 0 radical (unpaired) electrons. The molecule has 0 fully saturated rings. The first-order valence-electron chi connectivity index (χ1n) is 7.15. The van der Waals surface area contributed by atoms with Crippen LogP contribution in [0.4, 0.5) is 11.4 Å². The fourth-order valence-corrected chi connectivity index (χ4v) is 3.83. The van der Waals surface area contributed by atoms with E-state index in [0.29, 0.717) is 10.4 Å². The van der Waals surface area contributed by atoms with E-state index in [4.69, 9.17) is 5.73 Å². The molecule has 0 aliphatic heterocycles. The zero-order valence-corrected chi connectivity index (χ0v) is 13.2. The number of aromatic nitrogens is 2. The number of fused-ring (bicyclic) bond motifs is 3. The molecule has 0 spiro atoms. The predicted octanol–water partition coefficient (Wildman–Crippen LogP) is 3.22. The number of nitrogens with two attached hydrogens (primary N) is 1. The quantitative estimate of drug-likeness (QED) is 0.556. The Balaban J connectivity index is 2.04. The molecule has 114 valence electrons. The Bertz CT molecular complexity index is 1080. The fraction of sp³-hybridized carbons (Fsp3) is 0.0588. The molecule has 0 saturated carbocycles. The van der Waals surface area contributed by atoms with Crippen LogP contribution in [0.1, 0.15) is 0 Å². The van der Waals surface area contributed by atoms with Gasteiger partial charge in [0.05, 0.1) is 0 Å². The first kappa shape index (κ1) is 13.8. The minimum Gasteiger partial charge on any atom is -0.399 e. The van der Waals surface area contributed by atoms with Crippen LogP contribution in [0.5, 0.6) is 0 Å². The van der Waals surface area contributed by atoms with E-state index >= 15 is 0 Å². The van der Waals surface area contributed by atoms with E-state index in [0.717, 1.165) is 27.0 Å². The van der Waals surface area contributed by atoms with Crippen molar-refractivity contribution in [2.24, 2.45) is 0 Å². The van der Waals surface area contributed by atoms with Gasteiger partial charge in [0, 0.05) is 47.3 Å². The maximum Gasteiger partial charge on any atom is 0.273 e. The number of nitrogens with one attached hydrogen (secondary N) is 1. The van der Waals surface area contributed by atoms with Gasteiger partial charge in [-0.1, -0.05) is 0 Å². The second-order valence-electron chi connectivity index (χ2n) is 5.22. The van der Waals surface area contributed by atoms with Crippen molar-refractivity contribution in [2.45, 2.75) is 0 Å². The Morgan fingerprint density at radius 1 is 1.17 bits per heavy atom. The highest BCUT2D eigenvalue weighted by molar-refractivity contribution is 7.25. The van der Waals surface area contributed by atoms with Gasteiger partial charge in [-0.15, -0.1) is 11.3 Å². The number of rotatable bonds is 2. The molecule has 0 aliphatic carbocycles. The summed E-state index contributed by atoms with van der Waals surface area (Å²) in [5.74, 6) is 0. The molecule has 5 nitrogen and oxygen atoms in total. The predicted molar refractivity (Wildman–Crippen MR) is 96.7 cm³/mol. The molecule has 3 heterocycles. The van der Waals surface area contributed by atoms with Crippen molar-refractivity contribution in [1.29, 1.82) is 0 Å². The Labute approximate surface area is 136 Å². The summed E-state index contributed by atoms with van der Waals surface area (Å²) in [6, 6.07) is 11.1. The van der Waals surface area contributed by atoms with Gasteiger partial charge in [0.15, 0.2) is 0 Å². The first-order valence-corrected chi connectivity index (χ1v) is 7.97. The maximum absolute atomic E-state index is 12.9. The third kappa shape index (κ3) is 2.07. The zero-order valence-electron chi connectivity index (χ0n) is 12.4. The number of nitrogen functional groups attached to an aromatic ring is 1. The summed E-state index contributed by atoms with van der Waals surface area (Å²) in [5.41, 5.74) is 8.12. The lowest BCUT2D eigenvalue weighted by molar-refractivity contribution is 1.01. The van der Waals surface area contributed by atoms with Crippen LogP contribution in [-0.4, -0.2) is 16.6 Å². The third-order valence-corrected chi connectivity index (χ3v) is 4.97. The van der Waals surface area contributed by atoms with Crippen molar-refractivity contribution in [1.82, 2.24) is 9.55 Å². The number of pyridine rings is 2. The largest absolute Gasteiger partial charge is 0.399 e. The van der Waals surface area contributed by atoms with Crippen LogP contribution in [0.3, 0.4) is 0 Å². The molecule has 3 aromatic heterocycles. The van der Waals surface area contributed by atoms with E-state index in [1.54, 1.807) is 29.1 Å². The van der Waals surface area contributed by atoms with E-state index in [9.17, 15) is 4.79 Å². The normalized spacial score (nSPS) is 11.2. The Hall–Kier alpha value is -2.86. The van der Waals surface area contributed by atoms with Gasteiger partial charge >= 0.3 is 0 Å². The molecule has 0 saturated heterocycles. The average Bonchev–Trinajstić information content (AvgIpc) is 2.96. The fourth-order valence-electron chi connectivity index (χ4n) is 2.74. The average molecular weight is 322 g/mol. The van der Waals surface area contributed by atoms with Gasteiger partial charge < -0.3 is 11.1 Å². The number of hydrogen-bond donors (Lipinski definition) is 2. The summed E-state index contributed by atoms with van der Waals surface area (Å²) < 4.78 is 2.34. The number of benzene rings is 1. The summed E-state index contributed by atoms with van der Waals surface area (Å²) in [6.07, 6.45) is 3.55. The van der Waals surface area contributed by atoms with Crippen LogP contribution in [0.25, 0.3) is 26.0 Å².